The van der Waals surface area contributed by atoms with Crippen molar-refractivity contribution < 1.29 is 9.53 Å². The predicted molar refractivity (Wildman–Crippen MR) is 103 cm³/mol. The molecule has 0 atom stereocenters. The fourth-order valence-corrected chi connectivity index (χ4v) is 3.83. The van der Waals surface area contributed by atoms with Gasteiger partial charge in [-0.3, -0.25) is 4.79 Å². The van der Waals surface area contributed by atoms with Gasteiger partial charge in [-0.25, -0.2) is 0 Å². The number of carbonyl (C=O) groups excluding carboxylic acids is 1. The van der Waals surface area contributed by atoms with Crippen LogP contribution in [0.4, 0.5) is 0 Å². The lowest BCUT2D eigenvalue weighted by molar-refractivity contribution is 0.0779. The first-order valence-corrected chi connectivity index (χ1v) is 9.42. The summed E-state index contributed by atoms with van der Waals surface area (Å²) in [5, 5.41) is 9.34. The Morgan fingerprint density at radius 3 is 3.04 bits per heavy atom. The Morgan fingerprint density at radius 1 is 1.33 bits per heavy atom. The molecule has 27 heavy (non-hydrogen) atoms. The van der Waals surface area contributed by atoms with Gasteiger partial charge in [-0.2, -0.15) is 0 Å². The third kappa shape index (κ3) is 3.47. The summed E-state index contributed by atoms with van der Waals surface area (Å²) in [6.45, 7) is 1.65. The zero-order chi connectivity index (χ0) is 18.8. The molecule has 142 valence electrons. The van der Waals surface area contributed by atoms with Gasteiger partial charge in [0.1, 0.15) is 6.33 Å². The first kappa shape index (κ1) is 17.7. The number of benzene rings is 1. The molecular formula is C20H25N5O2. The zero-order valence-electron chi connectivity index (χ0n) is 15.9. The van der Waals surface area contributed by atoms with E-state index < -0.39 is 0 Å². The van der Waals surface area contributed by atoms with E-state index in [1.165, 1.54) is 29.5 Å². The summed E-state index contributed by atoms with van der Waals surface area (Å²) in [5.74, 6) is 0.727. The van der Waals surface area contributed by atoms with E-state index in [0.29, 0.717) is 25.3 Å². The average Bonchev–Trinajstić information content (AvgIpc) is 3.28. The van der Waals surface area contributed by atoms with Crippen LogP contribution < -0.4 is 0 Å². The number of ether oxygens (including phenoxy) is 1. The van der Waals surface area contributed by atoms with Crippen LogP contribution in [-0.2, 0) is 30.7 Å². The summed E-state index contributed by atoms with van der Waals surface area (Å²) in [5.41, 5.74) is 4.51. The Hall–Kier alpha value is -2.67. The van der Waals surface area contributed by atoms with Crippen LogP contribution in [0.15, 0.2) is 24.5 Å². The topological polar surface area (TPSA) is 76.0 Å². The number of methoxy groups -OCH3 is 1. The van der Waals surface area contributed by atoms with Crippen LogP contribution in [-0.4, -0.2) is 51.3 Å². The van der Waals surface area contributed by atoms with Gasteiger partial charge in [0.2, 0.25) is 0 Å². The lowest BCUT2D eigenvalue weighted by Gasteiger charge is -2.17. The van der Waals surface area contributed by atoms with Gasteiger partial charge in [-0.15, -0.1) is 10.2 Å². The SMILES string of the molecule is COCCn1cnnc1CN(C)C(=O)c1ccc2c3c([nH]c2c1)CCCC3. The molecule has 7 nitrogen and oxygen atoms in total. The second kappa shape index (κ2) is 7.52. The zero-order valence-corrected chi connectivity index (χ0v) is 15.9. The quantitative estimate of drug-likeness (QED) is 0.726. The van der Waals surface area contributed by atoms with Crippen LogP contribution in [0.2, 0.25) is 0 Å². The number of H-pyrrole nitrogens is 1. The van der Waals surface area contributed by atoms with Gasteiger partial charge in [-0.05, 0) is 43.4 Å². The second-order valence-electron chi connectivity index (χ2n) is 7.14. The molecule has 0 aliphatic heterocycles. The number of nitrogens with zero attached hydrogens (tertiary/aromatic N) is 4. The highest BCUT2D eigenvalue weighted by Crippen LogP contribution is 2.29. The van der Waals surface area contributed by atoms with E-state index in [1.807, 2.05) is 16.7 Å². The van der Waals surface area contributed by atoms with Gasteiger partial charge in [0.15, 0.2) is 5.82 Å². The number of carbonyl (C=O) groups is 1. The maximum absolute atomic E-state index is 12.9. The molecule has 1 amide bonds. The number of amides is 1. The summed E-state index contributed by atoms with van der Waals surface area (Å²) in [6.07, 6.45) is 6.37. The summed E-state index contributed by atoms with van der Waals surface area (Å²) in [7, 11) is 3.45. The van der Waals surface area contributed by atoms with Crippen LogP contribution in [0.3, 0.4) is 0 Å². The van der Waals surface area contributed by atoms with E-state index >= 15 is 0 Å². The third-order valence-corrected chi connectivity index (χ3v) is 5.30. The van der Waals surface area contributed by atoms with Crippen molar-refractivity contribution in [1.29, 1.82) is 0 Å². The van der Waals surface area contributed by atoms with E-state index in [-0.39, 0.29) is 5.91 Å². The summed E-state index contributed by atoms with van der Waals surface area (Å²) in [4.78, 5) is 18.1. The first-order valence-electron chi connectivity index (χ1n) is 9.42. The highest BCUT2D eigenvalue weighted by Gasteiger charge is 2.19. The molecule has 0 bridgehead atoms. The Balaban J connectivity index is 1.53. The monoisotopic (exact) mass is 367 g/mol. The summed E-state index contributed by atoms with van der Waals surface area (Å²) < 4.78 is 7.02. The third-order valence-electron chi connectivity index (χ3n) is 5.30. The average molecular weight is 367 g/mol. The van der Waals surface area contributed by atoms with E-state index in [9.17, 15) is 4.79 Å². The van der Waals surface area contributed by atoms with Gasteiger partial charge in [-0.1, -0.05) is 6.07 Å². The number of hydrogen-bond donors (Lipinski definition) is 1. The molecule has 2 aromatic heterocycles. The molecular weight excluding hydrogens is 342 g/mol. The van der Waals surface area contributed by atoms with Gasteiger partial charge in [0, 0.05) is 42.9 Å². The lowest BCUT2D eigenvalue weighted by Crippen LogP contribution is -2.28. The minimum absolute atomic E-state index is 0.0224. The van der Waals surface area contributed by atoms with Crippen LogP contribution in [0.25, 0.3) is 10.9 Å². The Bertz CT molecular complexity index is 959. The first-order chi connectivity index (χ1) is 13.2. The highest BCUT2D eigenvalue weighted by molar-refractivity contribution is 5.98. The molecule has 0 saturated heterocycles. The molecule has 4 rings (SSSR count). The minimum atomic E-state index is -0.0224. The van der Waals surface area contributed by atoms with Crippen LogP contribution >= 0.6 is 0 Å². The van der Waals surface area contributed by atoms with Crippen molar-refractivity contribution in [2.24, 2.45) is 0 Å². The summed E-state index contributed by atoms with van der Waals surface area (Å²) in [6, 6.07) is 5.99. The maximum Gasteiger partial charge on any atom is 0.254 e. The number of aromatic nitrogens is 4. The van der Waals surface area contributed by atoms with Gasteiger partial charge >= 0.3 is 0 Å². The number of aromatic amines is 1. The molecule has 0 fully saturated rings. The second-order valence-corrected chi connectivity index (χ2v) is 7.14. The molecule has 0 saturated carbocycles. The van der Waals surface area contributed by atoms with Crippen LogP contribution in [0.1, 0.15) is 40.3 Å². The Kier molecular flexibility index (Phi) is 4.94. The standard InChI is InChI=1S/C20H25N5O2/c1-24(12-19-23-21-13-25(19)9-10-27-2)20(26)14-7-8-16-15-5-3-4-6-17(15)22-18(16)11-14/h7-8,11,13,22H,3-6,9-10,12H2,1-2H3. The van der Waals surface area contributed by atoms with Gasteiger partial charge in [0.05, 0.1) is 13.2 Å². The molecule has 1 aromatic carbocycles. The van der Waals surface area contributed by atoms with Crippen molar-refractivity contribution in [1.82, 2.24) is 24.6 Å². The predicted octanol–water partition coefficient (Wildman–Crippen LogP) is 2.56. The normalized spacial score (nSPS) is 13.7. The number of hydrogen-bond acceptors (Lipinski definition) is 4. The van der Waals surface area contributed by atoms with Crippen molar-refractivity contribution in [3.63, 3.8) is 0 Å². The van der Waals surface area contributed by atoms with E-state index in [2.05, 4.69) is 21.2 Å². The largest absolute Gasteiger partial charge is 0.383 e. The van der Waals surface area contributed by atoms with Crippen molar-refractivity contribution in [2.75, 3.05) is 20.8 Å². The van der Waals surface area contributed by atoms with Crippen molar-refractivity contribution in [3.05, 3.63) is 47.2 Å². The molecule has 7 heteroatoms. The molecule has 1 aliphatic rings. The van der Waals surface area contributed by atoms with Crippen LogP contribution in [0, 0.1) is 0 Å². The molecule has 0 radical (unpaired) electrons. The smallest absolute Gasteiger partial charge is 0.254 e. The Labute approximate surface area is 158 Å². The van der Waals surface area contributed by atoms with E-state index in [4.69, 9.17) is 4.74 Å². The van der Waals surface area contributed by atoms with E-state index in [1.54, 1.807) is 25.4 Å². The Morgan fingerprint density at radius 2 is 2.19 bits per heavy atom. The van der Waals surface area contributed by atoms with Gasteiger partial charge < -0.3 is 19.2 Å². The van der Waals surface area contributed by atoms with Crippen molar-refractivity contribution >= 4 is 16.8 Å². The molecule has 0 spiro atoms. The lowest BCUT2D eigenvalue weighted by atomic mass is 9.95. The molecule has 1 aliphatic carbocycles. The molecule has 0 unspecified atom stereocenters. The molecule has 2 heterocycles. The fraction of sp³-hybridized carbons (Fsp3) is 0.450. The van der Waals surface area contributed by atoms with Crippen molar-refractivity contribution in [2.45, 2.75) is 38.8 Å². The maximum atomic E-state index is 12.9. The highest BCUT2D eigenvalue weighted by atomic mass is 16.5. The summed E-state index contributed by atoms with van der Waals surface area (Å²) >= 11 is 0. The van der Waals surface area contributed by atoms with E-state index in [0.717, 1.165) is 24.2 Å². The van der Waals surface area contributed by atoms with Crippen LogP contribution in [0.5, 0.6) is 0 Å². The number of fused-ring (bicyclic) bond motifs is 3. The van der Waals surface area contributed by atoms with Crippen molar-refractivity contribution in [3.8, 4) is 0 Å². The number of nitrogens with one attached hydrogen (secondary N) is 1. The fourth-order valence-electron chi connectivity index (χ4n) is 3.83. The molecule has 1 N–H and O–H groups in total. The molecule has 3 aromatic rings. The van der Waals surface area contributed by atoms with Gasteiger partial charge in [0.25, 0.3) is 5.91 Å². The minimum Gasteiger partial charge on any atom is -0.383 e. The number of aryl methyl sites for hydroxylation is 2. The number of rotatable bonds is 6.